The summed E-state index contributed by atoms with van der Waals surface area (Å²) >= 11 is 0. The molecule has 2 aliphatic heterocycles. The zero-order valence-electron chi connectivity index (χ0n) is 27.3. The largest absolute Gasteiger partial charge is 0.497 e. The second-order valence-electron chi connectivity index (χ2n) is 12.9. The van der Waals surface area contributed by atoms with Gasteiger partial charge in [-0.2, -0.15) is 13.2 Å². The van der Waals surface area contributed by atoms with E-state index in [0.29, 0.717) is 54.7 Å². The summed E-state index contributed by atoms with van der Waals surface area (Å²) in [5, 5.41) is 2.43. The van der Waals surface area contributed by atoms with E-state index >= 15 is 0 Å². The number of carbonyl (C=O) groups excluding carboxylic acids is 2. The molecule has 2 aromatic carbocycles. The van der Waals surface area contributed by atoms with Crippen LogP contribution in [0.5, 0.6) is 5.75 Å². The molecule has 1 unspecified atom stereocenters. The van der Waals surface area contributed by atoms with Gasteiger partial charge in [0.25, 0.3) is 5.91 Å². The van der Waals surface area contributed by atoms with E-state index in [1.54, 1.807) is 37.6 Å². The Balaban J connectivity index is 1.28. The topological polar surface area (TPSA) is 137 Å². The minimum atomic E-state index is -4.57. The van der Waals surface area contributed by atoms with Crippen LogP contribution in [0.25, 0.3) is 28.0 Å². The van der Waals surface area contributed by atoms with Gasteiger partial charge < -0.3 is 25.4 Å². The number of benzene rings is 2. The smallest absolute Gasteiger partial charge is 0.416 e. The molecule has 11 nitrogen and oxygen atoms in total. The molecule has 5 aromatic rings. The average molecular weight is 686 g/mol. The number of alkyl halides is 3. The fourth-order valence-corrected chi connectivity index (χ4v) is 6.56. The van der Waals surface area contributed by atoms with Crippen LogP contribution in [0.15, 0.2) is 73.1 Å². The molecule has 14 heteroatoms. The summed E-state index contributed by atoms with van der Waals surface area (Å²) in [5.74, 6) is 0.707. The van der Waals surface area contributed by atoms with E-state index < -0.39 is 23.1 Å². The number of hydrogen-bond acceptors (Lipinski definition) is 8. The fraction of sp³-hybridized carbons (Fsp3) is 0.306. The van der Waals surface area contributed by atoms with E-state index in [1.807, 2.05) is 40.5 Å². The van der Waals surface area contributed by atoms with Gasteiger partial charge in [-0.3, -0.25) is 14.0 Å². The fourth-order valence-electron chi connectivity index (χ4n) is 6.56. The summed E-state index contributed by atoms with van der Waals surface area (Å²) in [6.07, 6.45) is -0.311. The van der Waals surface area contributed by atoms with Crippen molar-refractivity contribution in [2.45, 2.75) is 31.9 Å². The lowest BCUT2D eigenvalue weighted by atomic mass is 9.85. The summed E-state index contributed by atoms with van der Waals surface area (Å²) in [7, 11) is 1.60. The second kappa shape index (κ2) is 12.8. The minimum absolute atomic E-state index is 0.0675. The number of aromatic nitrogens is 4. The quantitative estimate of drug-likeness (QED) is 0.211. The highest BCUT2D eigenvalue weighted by Crippen LogP contribution is 2.39. The van der Waals surface area contributed by atoms with E-state index in [9.17, 15) is 22.8 Å². The number of nitrogens with one attached hydrogen (secondary N) is 1. The molecule has 7 rings (SSSR count). The zero-order chi connectivity index (χ0) is 35.2. The Hall–Kier alpha value is -5.50. The number of nitrogen functional groups attached to an aromatic ring is 1. The van der Waals surface area contributed by atoms with Crippen molar-refractivity contribution < 1.29 is 32.2 Å². The first-order valence-corrected chi connectivity index (χ1v) is 16.1. The first-order valence-electron chi connectivity index (χ1n) is 16.1. The predicted octanol–water partition coefficient (Wildman–Crippen LogP) is 6.06. The molecule has 2 fully saturated rings. The van der Waals surface area contributed by atoms with Crippen molar-refractivity contribution in [3.8, 4) is 28.3 Å². The third-order valence-electron chi connectivity index (χ3n) is 9.26. The lowest BCUT2D eigenvalue weighted by molar-refractivity contribution is -0.170. The van der Waals surface area contributed by atoms with Gasteiger partial charge in [0, 0.05) is 41.9 Å². The van der Waals surface area contributed by atoms with Crippen LogP contribution in [0.3, 0.4) is 0 Å². The van der Waals surface area contributed by atoms with Crippen LogP contribution >= 0.6 is 0 Å². The third-order valence-corrected chi connectivity index (χ3v) is 9.26. The number of methoxy groups -OCH3 is 1. The Labute approximate surface area is 285 Å². The Kier molecular flexibility index (Phi) is 8.42. The molecule has 0 spiro atoms. The number of ether oxygens (including phenoxy) is 2. The summed E-state index contributed by atoms with van der Waals surface area (Å²) in [6.45, 7) is 3.84. The highest BCUT2D eigenvalue weighted by atomic mass is 19.4. The molecule has 5 heterocycles. The predicted molar refractivity (Wildman–Crippen MR) is 179 cm³/mol. The maximum atomic E-state index is 13.5. The van der Waals surface area contributed by atoms with Crippen LogP contribution in [0.4, 0.5) is 24.8 Å². The first-order chi connectivity index (χ1) is 23.9. The molecular formula is C36H34F3N7O4. The van der Waals surface area contributed by atoms with Gasteiger partial charge >= 0.3 is 6.18 Å². The maximum absolute atomic E-state index is 13.5. The van der Waals surface area contributed by atoms with E-state index in [-0.39, 0.29) is 29.0 Å². The molecule has 258 valence electrons. The number of halogens is 3. The number of rotatable bonds is 7. The van der Waals surface area contributed by atoms with Crippen molar-refractivity contribution >= 4 is 29.0 Å². The molecule has 0 aliphatic carbocycles. The Morgan fingerprint density at radius 3 is 2.54 bits per heavy atom. The van der Waals surface area contributed by atoms with E-state index in [4.69, 9.17) is 20.2 Å². The average Bonchev–Trinajstić information content (AvgIpc) is 3.52. The molecule has 3 aromatic heterocycles. The number of nitrogens with zero attached hydrogens (tertiary/aromatic N) is 5. The number of piperidine rings is 1. The number of nitrogens with two attached hydrogens (primary N) is 1. The number of amides is 2. The van der Waals surface area contributed by atoms with E-state index in [0.717, 1.165) is 42.4 Å². The zero-order valence-corrected chi connectivity index (χ0v) is 27.3. The Bertz CT molecular complexity index is 2090. The van der Waals surface area contributed by atoms with Gasteiger partial charge in [-0.05, 0) is 56.2 Å². The van der Waals surface area contributed by atoms with Gasteiger partial charge in [-0.25, -0.2) is 15.0 Å². The number of imidazole rings is 1. The van der Waals surface area contributed by atoms with Crippen LogP contribution in [0.2, 0.25) is 0 Å². The molecule has 0 radical (unpaired) electrons. The van der Waals surface area contributed by atoms with Gasteiger partial charge in [0.05, 0.1) is 43.2 Å². The summed E-state index contributed by atoms with van der Waals surface area (Å²) in [4.78, 5) is 42.0. The number of pyridine rings is 1. The monoisotopic (exact) mass is 685 g/mol. The van der Waals surface area contributed by atoms with Crippen molar-refractivity contribution in [2.24, 2.45) is 5.41 Å². The first kappa shape index (κ1) is 33.0. The van der Waals surface area contributed by atoms with Crippen LogP contribution < -0.4 is 15.8 Å². The van der Waals surface area contributed by atoms with Gasteiger partial charge in [-0.1, -0.05) is 24.3 Å². The molecule has 0 saturated carbocycles. The lowest BCUT2D eigenvalue weighted by Gasteiger charge is -2.42. The van der Waals surface area contributed by atoms with Gasteiger partial charge in [0.1, 0.15) is 34.4 Å². The molecule has 0 bridgehead atoms. The van der Waals surface area contributed by atoms with Crippen LogP contribution in [0.1, 0.15) is 47.4 Å². The number of anilines is 2. The Morgan fingerprint density at radius 2 is 1.84 bits per heavy atom. The highest BCUT2D eigenvalue weighted by molar-refractivity contribution is 6.04. The Morgan fingerprint density at radius 1 is 1.06 bits per heavy atom. The number of fused-ring (bicyclic) bond motifs is 1. The molecule has 1 atom stereocenters. The molecular weight excluding hydrogens is 651 g/mol. The van der Waals surface area contributed by atoms with Crippen molar-refractivity contribution in [1.29, 1.82) is 0 Å². The van der Waals surface area contributed by atoms with Gasteiger partial charge in [0.2, 0.25) is 5.91 Å². The molecule has 3 N–H and O–H groups in total. The maximum Gasteiger partial charge on any atom is 0.416 e. The number of likely N-dealkylation sites (tertiary alicyclic amines) is 1. The van der Waals surface area contributed by atoms with Crippen LogP contribution in [-0.4, -0.2) is 69.5 Å². The SMILES string of the molecule is COc1cccc(-c2cnc(N)c3c(-c4ccc(C(=O)Nc5cc(C(F)(F)F)ccn5)cc4)nc(C4CCCN(C(=O)C5(C)COC5)C4)n23)c1. The van der Waals surface area contributed by atoms with Gasteiger partial charge in [-0.15, -0.1) is 0 Å². The van der Waals surface area contributed by atoms with E-state index in [2.05, 4.69) is 15.3 Å². The molecule has 50 heavy (non-hydrogen) atoms. The van der Waals surface area contributed by atoms with Crippen molar-refractivity contribution in [1.82, 2.24) is 24.3 Å². The third kappa shape index (κ3) is 6.10. The lowest BCUT2D eigenvalue weighted by Crippen LogP contribution is -2.55. The molecule has 2 saturated heterocycles. The van der Waals surface area contributed by atoms with Crippen LogP contribution in [0, 0.1) is 5.41 Å². The molecule has 2 amide bonds. The van der Waals surface area contributed by atoms with Crippen LogP contribution in [-0.2, 0) is 15.7 Å². The van der Waals surface area contributed by atoms with Crippen molar-refractivity contribution in [3.63, 3.8) is 0 Å². The second-order valence-corrected chi connectivity index (χ2v) is 12.9. The summed E-state index contributed by atoms with van der Waals surface area (Å²) in [6, 6.07) is 15.7. The molecule has 2 aliphatic rings. The van der Waals surface area contributed by atoms with Gasteiger partial charge in [0.15, 0.2) is 0 Å². The number of hydrogen-bond donors (Lipinski definition) is 2. The minimum Gasteiger partial charge on any atom is -0.497 e. The standard InChI is InChI=1S/C36H34F3N7O4/c1-35(19-50-20-35)34(48)45-14-4-6-24(18-45)32-44-29(30-31(40)42-17-27(46(30)32)23-5-3-7-26(15-23)49-2)21-8-10-22(11-9-21)33(47)43-28-16-25(12-13-41-28)36(37,38)39/h3,5,7-13,15-17,24H,4,6,14,18-20H2,1-2H3,(H2,40,42)(H,41,43,47). The summed E-state index contributed by atoms with van der Waals surface area (Å²) in [5.41, 5.74) is 8.62. The van der Waals surface area contributed by atoms with Crippen molar-refractivity contribution in [3.05, 3.63) is 90.0 Å². The summed E-state index contributed by atoms with van der Waals surface area (Å²) < 4.78 is 52.4. The van der Waals surface area contributed by atoms with E-state index in [1.165, 1.54) is 0 Å². The van der Waals surface area contributed by atoms with Crippen molar-refractivity contribution in [2.75, 3.05) is 44.5 Å². The highest BCUT2D eigenvalue weighted by Gasteiger charge is 2.45. The number of carbonyl (C=O) groups is 2. The normalized spacial score (nSPS) is 17.3.